The molecule has 0 amide bonds. The summed E-state index contributed by atoms with van der Waals surface area (Å²) in [5.74, 6) is 0.495. The number of nitrogens with zero attached hydrogens (tertiary/aromatic N) is 2. The first-order valence-electron chi connectivity index (χ1n) is 16.1. The van der Waals surface area contributed by atoms with Gasteiger partial charge in [0.1, 0.15) is 11.3 Å². The van der Waals surface area contributed by atoms with Crippen LogP contribution in [0.25, 0.3) is 66.8 Å². The monoisotopic (exact) mass is 816 g/mol. The Morgan fingerprint density at radius 3 is 2.06 bits per heavy atom. The van der Waals surface area contributed by atoms with Crippen molar-refractivity contribution in [2.24, 2.45) is 0 Å². The Morgan fingerprint density at radius 1 is 0.633 bits per heavy atom. The van der Waals surface area contributed by atoms with Gasteiger partial charge in [0.25, 0.3) is 0 Å². The van der Waals surface area contributed by atoms with Crippen LogP contribution in [0.5, 0.6) is 5.75 Å². The van der Waals surface area contributed by atoms with Crippen LogP contribution < -0.4 is 0 Å². The number of oxazole rings is 1. The zero-order valence-electron chi connectivity index (χ0n) is 27.3. The third-order valence-corrected chi connectivity index (χ3v) is 9.39. The smallest absolute Gasteiger partial charge is 0.230 e. The predicted molar refractivity (Wildman–Crippen MR) is 195 cm³/mol. The summed E-state index contributed by atoms with van der Waals surface area (Å²) in [6.45, 7) is 6.71. The Morgan fingerprint density at radius 2 is 1.31 bits per heavy atom. The summed E-state index contributed by atoms with van der Waals surface area (Å²) in [7, 11) is 0. The second-order valence-corrected chi connectivity index (χ2v) is 12.8. The fraction of sp³-hybridized carbons (Fsp3) is 0.0909. The molecule has 0 aliphatic carbocycles. The minimum atomic E-state index is -0.252. The average Bonchev–Trinajstić information content (AvgIpc) is 3.57. The Balaban J connectivity index is 0.00000378. The van der Waals surface area contributed by atoms with Crippen LogP contribution in [0.15, 0.2) is 144 Å². The number of pyridine rings is 1. The second kappa shape index (κ2) is 13.0. The number of phenolic OH excluding ortho intramolecular Hbond substituents is 1. The van der Waals surface area contributed by atoms with Gasteiger partial charge in [-0.3, -0.25) is 4.98 Å². The van der Waals surface area contributed by atoms with Crippen LogP contribution in [0.3, 0.4) is 0 Å². The molecule has 1 N–H and O–H groups in total. The molecule has 2 heterocycles. The van der Waals surface area contributed by atoms with Gasteiger partial charge in [-0.15, -0.1) is 29.3 Å². The van der Waals surface area contributed by atoms with Gasteiger partial charge in [0.05, 0.1) is 11.1 Å². The van der Waals surface area contributed by atoms with E-state index < -0.39 is 0 Å². The van der Waals surface area contributed by atoms with Crippen molar-refractivity contribution in [2.75, 3.05) is 0 Å². The third-order valence-electron chi connectivity index (χ3n) is 9.39. The first kappa shape index (κ1) is 32.2. The fourth-order valence-electron chi connectivity index (χ4n) is 6.57. The summed E-state index contributed by atoms with van der Waals surface area (Å²) in [4.78, 5) is 9.85. The standard InChI is InChI=1S/C44H33N2O2.Pt/c1-28-21-22-45-41-37(28)26-34(44(2,3)33-15-8-5-9-16-33)27-38(41)32-24-30(29-13-6-4-7-14-29)23-31(25-32)35-18-12-20-40-42(35)46-43(48-40)36-17-10-11-19-39(36)47;/h4-24,26-27,47H,1-3H3;/q-1;. The van der Waals surface area contributed by atoms with Crippen molar-refractivity contribution in [1.29, 1.82) is 0 Å². The van der Waals surface area contributed by atoms with Crippen LogP contribution >= 0.6 is 0 Å². The number of para-hydroxylation sites is 2. The summed E-state index contributed by atoms with van der Waals surface area (Å²) >= 11 is 0. The van der Waals surface area contributed by atoms with Crippen molar-refractivity contribution in [3.63, 3.8) is 0 Å². The number of fused-ring (bicyclic) bond motifs is 2. The first-order valence-corrected chi connectivity index (χ1v) is 16.1. The maximum absolute atomic E-state index is 10.5. The SMILES string of the molecule is Cc1ccnc2c(-c3[c-]c(-c4cccc5oc(-c6ccccc6O)nc45)cc(-c4ccccc4)c3)cc(C(C)(C)c3ccccc3)cc12.[Pt]. The third kappa shape index (κ3) is 5.87. The average molecular weight is 817 g/mol. The van der Waals surface area contributed by atoms with E-state index >= 15 is 0 Å². The van der Waals surface area contributed by atoms with Crippen molar-refractivity contribution in [3.8, 4) is 50.6 Å². The molecule has 0 spiro atoms. The molecule has 0 atom stereocenters. The predicted octanol–water partition coefficient (Wildman–Crippen LogP) is 11.2. The molecule has 0 aliphatic rings. The van der Waals surface area contributed by atoms with E-state index in [1.807, 2.05) is 36.5 Å². The number of rotatable bonds is 6. The summed E-state index contributed by atoms with van der Waals surface area (Å²) in [6.07, 6.45) is 1.89. The Kier molecular flexibility index (Phi) is 8.52. The molecule has 2 aromatic heterocycles. The number of hydrogen-bond acceptors (Lipinski definition) is 4. The van der Waals surface area contributed by atoms with Gasteiger partial charge in [0, 0.05) is 38.2 Å². The Hall–Kier alpha value is -5.31. The van der Waals surface area contributed by atoms with Crippen molar-refractivity contribution >= 4 is 22.0 Å². The zero-order chi connectivity index (χ0) is 32.8. The van der Waals surface area contributed by atoms with E-state index in [1.165, 1.54) is 16.7 Å². The largest absolute Gasteiger partial charge is 0.507 e. The minimum Gasteiger partial charge on any atom is -0.507 e. The molecule has 0 unspecified atom stereocenters. The van der Waals surface area contributed by atoms with Crippen LogP contribution in [0, 0.1) is 13.0 Å². The summed E-state index contributed by atoms with van der Waals surface area (Å²) in [5, 5.41) is 11.7. The topological polar surface area (TPSA) is 59.2 Å². The molecule has 5 heteroatoms. The maximum atomic E-state index is 10.5. The van der Waals surface area contributed by atoms with E-state index in [0.29, 0.717) is 22.6 Å². The fourth-order valence-corrected chi connectivity index (χ4v) is 6.57. The zero-order valence-corrected chi connectivity index (χ0v) is 29.6. The molecule has 0 fully saturated rings. The molecular weight excluding hydrogens is 784 g/mol. The summed E-state index contributed by atoms with van der Waals surface area (Å²) in [6, 6.07) is 49.0. The number of benzene rings is 6. The quantitative estimate of drug-likeness (QED) is 0.170. The molecule has 0 saturated carbocycles. The molecule has 242 valence electrons. The van der Waals surface area contributed by atoms with Crippen LogP contribution in [0.2, 0.25) is 0 Å². The number of phenols is 1. The number of aryl methyl sites for hydroxylation is 1. The summed E-state index contributed by atoms with van der Waals surface area (Å²) in [5.41, 5.74) is 12.1. The van der Waals surface area contributed by atoms with Crippen molar-refractivity contribution in [3.05, 3.63) is 162 Å². The maximum Gasteiger partial charge on any atom is 0.230 e. The van der Waals surface area contributed by atoms with E-state index in [9.17, 15) is 5.11 Å². The molecular formula is C44H33N2O2Pt-. The van der Waals surface area contributed by atoms with Gasteiger partial charge in [-0.05, 0) is 64.9 Å². The molecule has 0 bridgehead atoms. The van der Waals surface area contributed by atoms with Crippen LogP contribution in [-0.2, 0) is 26.5 Å². The van der Waals surface area contributed by atoms with E-state index in [1.54, 1.807) is 12.1 Å². The molecule has 0 aliphatic heterocycles. The van der Waals surface area contributed by atoms with Crippen LogP contribution in [-0.4, -0.2) is 15.1 Å². The molecule has 0 radical (unpaired) electrons. The molecule has 8 aromatic rings. The van der Waals surface area contributed by atoms with Crippen LogP contribution in [0.4, 0.5) is 0 Å². The van der Waals surface area contributed by atoms with Gasteiger partial charge in [-0.25, -0.2) is 4.98 Å². The van der Waals surface area contributed by atoms with Gasteiger partial charge in [0.15, 0.2) is 0 Å². The van der Waals surface area contributed by atoms with E-state index in [0.717, 1.165) is 44.3 Å². The molecule has 0 saturated heterocycles. The van der Waals surface area contributed by atoms with Gasteiger partial charge < -0.3 is 9.52 Å². The molecule has 6 aromatic carbocycles. The Bertz CT molecular complexity index is 2450. The molecule has 4 nitrogen and oxygen atoms in total. The molecule has 8 rings (SSSR count). The van der Waals surface area contributed by atoms with Gasteiger partial charge in [-0.2, -0.15) is 0 Å². The second-order valence-electron chi connectivity index (χ2n) is 12.8. The van der Waals surface area contributed by atoms with Crippen LogP contribution in [0.1, 0.15) is 30.5 Å². The Labute approximate surface area is 300 Å². The minimum absolute atomic E-state index is 0. The van der Waals surface area contributed by atoms with Crippen molar-refractivity contribution in [2.45, 2.75) is 26.2 Å². The number of aromatic nitrogens is 2. The van der Waals surface area contributed by atoms with Gasteiger partial charge >= 0.3 is 0 Å². The first-order chi connectivity index (χ1) is 23.4. The summed E-state index contributed by atoms with van der Waals surface area (Å²) < 4.78 is 6.20. The van der Waals surface area contributed by atoms with Crippen molar-refractivity contribution in [1.82, 2.24) is 9.97 Å². The van der Waals surface area contributed by atoms with E-state index in [-0.39, 0.29) is 32.2 Å². The number of aromatic hydroxyl groups is 1. The van der Waals surface area contributed by atoms with Crippen molar-refractivity contribution < 1.29 is 30.6 Å². The van der Waals surface area contributed by atoms with Gasteiger partial charge in [0.2, 0.25) is 5.89 Å². The number of hydrogen-bond donors (Lipinski definition) is 1. The molecule has 49 heavy (non-hydrogen) atoms. The van der Waals surface area contributed by atoms with E-state index in [4.69, 9.17) is 14.4 Å². The van der Waals surface area contributed by atoms with Gasteiger partial charge in [-0.1, -0.05) is 122 Å². The normalized spacial score (nSPS) is 11.5. The van der Waals surface area contributed by atoms with E-state index in [2.05, 4.69) is 118 Å².